The van der Waals surface area contributed by atoms with Gasteiger partial charge in [0.1, 0.15) is 30.7 Å². The van der Waals surface area contributed by atoms with Crippen LogP contribution in [0.5, 0.6) is 11.5 Å². The Morgan fingerprint density at radius 2 is 1.38 bits per heavy atom. The summed E-state index contributed by atoms with van der Waals surface area (Å²) in [6, 6.07) is 22.0. The second-order valence-corrected chi connectivity index (χ2v) is 9.27. The van der Waals surface area contributed by atoms with Crippen LogP contribution in [0.15, 0.2) is 98.1 Å². The number of carbonyl (C=O) groups is 4. The van der Waals surface area contributed by atoms with Gasteiger partial charge in [-0.1, -0.05) is 50.8 Å². The summed E-state index contributed by atoms with van der Waals surface area (Å²) in [4.78, 5) is 42.6. The Kier molecular flexibility index (Phi) is 19.8. The average molecular weight is 619 g/mol. The van der Waals surface area contributed by atoms with Crippen molar-refractivity contribution < 1.29 is 42.9 Å². The Morgan fingerprint density at radius 1 is 0.800 bits per heavy atom. The summed E-state index contributed by atoms with van der Waals surface area (Å²) in [7, 11) is 3.15. The molecule has 3 aromatic rings. The number of aryl methyl sites for hydroxylation is 1. The molecule has 0 N–H and O–H groups in total. The zero-order valence-electron chi connectivity index (χ0n) is 26.1. The van der Waals surface area contributed by atoms with E-state index in [1.807, 2.05) is 48.5 Å². The molecular weight excluding hydrogens is 576 g/mol. The number of ether oxygens (including phenoxy) is 5. The van der Waals surface area contributed by atoms with Gasteiger partial charge < -0.3 is 23.7 Å². The molecule has 1 atom stereocenters. The van der Waals surface area contributed by atoms with E-state index < -0.39 is 12.1 Å². The van der Waals surface area contributed by atoms with Crippen LogP contribution in [-0.2, 0) is 36.6 Å². The van der Waals surface area contributed by atoms with Gasteiger partial charge in [-0.05, 0) is 72.2 Å². The van der Waals surface area contributed by atoms with Crippen LogP contribution in [0.3, 0.4) is 0 Å². The molecule has 240 valence electrons. The zero-order valence-corrected chi connectivity index (χ0v) is 26.1. The number of aldehydes is 2. The van der Waals surface area contributed by atoms with Gasteiger partial charge >= 0.3 is 11.9 Å². The van der Waals surface area contributed by atoms with E-state index in [1.165, 1.54) is 18.7 Å². The number of esters is 2. The van der Waals surface area contributed by atoms with Gasteiger partial charge in [0.05, 0.1) is 25.9 Å². The first kappa shape index (κ1) is 38.0. The molecule has 1 unspecified atom stereocenters. The van der Waals surface area contributed by atoms with E-state index in [9.17, 15) is 14.4 Å². The number of benzene rings is 3. The molecule has 0 radical (unpaired) electrons. The van der Waals surface area contributed by atoms with E-state index in [2.05, 4.69) is 20.1 Å². The van der Waals surface area contributed by atoms with Crippen LogP contribution in [0, 0.1) is 0 Å². The lowest BCUT2D eigenvalue weighted by molar-refractivity contribution is -0.147. The molecule has 0 saturated carbocycles. The molecule has 45 heavy (non-hydrogen) atoms. The van der Waals surface area contributed by atoms with Gasteiger partial charge in [0.15, 0.2) is 6.10 Å². The first-order valence-electron chi connectivity index (χ1n) is 14.3. The fraction of sp³-hybridized carbons (Fsp3) is 0.278. The SMILES string of the molecule is C=CC(=O)OC(COC)COc1ccc(C=O)cc1.C=CC=O.CCCc1ccc(C(=O)OCCc2ccc(OC)cc2)cc1. The quantitative estimate of drug-likeness (QED) is 0.108. The van der Waals surface area contributed by atoms with Gasteiger partial charge in [-0.3, -0.25) is 9.59 Å². The van der Waals surface area contributed by atoms with Crippen molar-refractivity contribution in [3.05, 3.63) is 120 Å². The van der Waals surface area contributed by atoms with Crippen LogP contribution in [0.25, 0.3) is 0 Å². The van der Waals surface area contributed by atoms with Crippen LogP contribution >= 0.6 is 0 Å². The second kappa shape index (κ2) is 23.4. The van der Waals surface area contributed by atoms with Crippen molar-refractivity contribution in [3.63, 3.8) is 0 Å². The highest BCUT2D eigenvalue weighted by molar-refractivity contribution is 5.89. The molecule has 0 fully saturated rings. The second-order valence-electron chi connectivity index (χ2n) is 9.27. The van der Waals surface area contributed by atoms with Crippen molar-refractivity contribution in [2.75, 3.05) is 34.0 Å². The third kappa shape index (κ3) is 16.4. The fourth-order valence-corrected chi connectivity index (χ4v) is 3.58. The standard InChI is InChI=1S/C19H22O3.C14H16O5.C3H4O/c1-3-4-15-5-9-17(10-6-15)19(20)22-14-13-16-7-11-18(21-2)12-8-16;1-3-14(16)19-13(9-17-2)10-18-12-6-4-11(8-15)5-7-12;1-2-3-4/h5-12H,3-4,13-14H2,1-2H3;3-8,13H,1,9-10H2,2H3;2-3H,1H2. The highest BCUT2D eigenvalue weighted by Crippen LogP contribution is 2.13. The summed E-state index contributed by atoms with van der Waals surface area (Å²) >= 11 is 0. The van der Waals surface area contributed by atoms with E-state index in [1.54, 1.807) is 31.4 Å². The maximum atomic E-state index is 12.0. The molecule has 0 aliphatic carbocycles. The molecule has 0 aromatic heterocycles. The Hall–Kier alpha value is -5.02. The average Bonchev–Trinajstić information content (AvgIpc) is 3.08. The Balaban J connectivity index is 0.000000406. The minimum Gasteiger partial charge on any atom is -0.497 e. The lowest BCUT2D eigenvalue weighted by Crippen LogP contribution is -2.28. The molecule has 0 bridgehead atoms. The molecule has 9 heteroatoms. The van der Waals surface area contributed by atoms with Gasteiger partial charge in [-0.2, -0.15) is 0 Å². The van der Waals surface area contributed by atoms with E-state index >= 15 is 0 Å². The monoisotopic (exact) mass is 618 g/mol. The zero-order chi connectivity index (χ0) is 33.3. The molecule has 0 heterocycles. The van der Waals surface area contributed by atoms with Gasteiger partial charge in [0.2, 0.25) is 0 Å². The van der Waals surface area contributed by atoms with E-state index in [-0.39, 0.29) is 19.2 Å². The Morgan fingerprint density at radius 3 is 1.89 bits per heavy atom. The molecule has 0 aliphatic rings. The van der Waals surface area contributed by atoms with Crippen LogP contribution < -0.4 is 9.47 Å². The lowest BCUT2D eigenvalue weighted by Gasteiger charge is -2.16. The number of hydrogen-bond acceptors (Lipinski definition) is 9. The molecule has 0 aliphatic heterocycles. The molecule has 9 nitrogen and oxygen atoms in total. The predicted molar refractivity (Wildman–Crippen MR) is 173 cm³/mol. The van der Waals surface area contributed by atoms with Crippen LogP contribution in [0.1, 0.15) is 45.2 Å². The van der Waals surface area contributed by atoms with Crippen LogP contribution in [0.4, 0.5) is 0 Å². The smallest absolute Gasteiger partial charge is 0.338 e. The molecule has 0 amide bonds. The van der Waals surface area contributed by atoms with E-state index in [0.29, 0.717) is 36.2 Å². The van der Waals surface area contributed by atoms with Crippen LogP contribution in [-0.4, -0.2) is 64.7 Å². The summed E-state index contributed by atoms with van der Waals surface area (Å²) in [6.07, 6.45) is 5.99. The number of methoxy groups -OCH3 is 2. The lowest BCUT2D eigenvalue weighted by atomic mass is 10.1. The topological polar surface area (TPSA) is 114 Å². The number of allylic oxidation sites excluding steroid dienone is 1. The molecule has 3 rings (SSSR count). The summed E-state index contributed by atoms with van der Waals surface area (Å²) in [5.74, 6) is 0.618. The summed E-state index contributed by atoms with van der Waals surface area (Å²) in [5.41, 5.74) is 3.54. The van der Waals surface area contributed by atoms with Gasteiger partial charge in [-0.15, -0.1) is 0 Å². The summed E-state index contributed by atoms with van der Waals surface area (Å²) in [6.45, 7) is 9.34. The number of hydrogen-bond donors (Lipinski definition) is 0. The van der Waals surface area contributed by atoms with Gasteiger partial charge in [0.25, 0.3) is 0 Å². The first-order chi connectivity index (χ1) is 21.8. The number of carbonyl (C=O) groups excluding carboxylic acids is 4. The first-order valence-corrected chi connectivity index (χ1v) is 14.3. The highest BCUT2D eigenvalue weighted by atomic mass is 16.6. The maximum absolute atomic E-state index is 12.0. The normalized spacial score (nSPS) is 10.3. The van der Waals surface area contributed by atoms with Crippen LogP contribution in [0.2, 0.25) is 0 Å². The van der Waals surface area contributed by atoms with Crippen molar-refractivity contribution in [1.29, 1.82) is 0 Å². The highest BCUT2D eigenvalue weighted by Gasteiger charge is 2.13. The van der Waals surface area contributed by atoms with Crippen molar-refractivity contribution >= 4 is 24.5 Å². The summed E-state index contributed by atoms with van der Waals surface area (Å²) in [5, 5.41) is 0. The fourth-order valence-electron chi connectivity index (χ4n) is 3.58. The van der Waals surface area contributed by atoms with Crippen molar-refractivity contribution in [2.45, 2.75) is 32.3 Å². The van der Waals surface area contributed by atoms with Crippen molar-refractivity contribution in [1.82, 2.24) is 0 Å². The largest absolute Gasteiger partial charge is 0.497 e. The van der Waals surface area contributed by atoms with E-state index in [4.69, 9.17) is 28.5 Å². The van der Waals surface area contributed by atoms with Gasteiger partial charge in [0, 0.05) is 25.2 Å². The Labute approximate surface area is 265 Å². The molecule has 0 spiro atoms. The minimum atomic E-state index is -0.526. The van der Waals surface area contributed by atoms with Gasteiger partial charge in [-0.25, -0.2) is 9.59 Å². The molecule has 3 aromatic carbocycles. The molecular formula is C36H42O9. The maximum Gasteiger partial charge on any atom is 0.338 e. The predicted octanol–water partition coefficient (Wildman–Crippen LogP) is 6.04. The van der Waals surface area contributed by atoms with E-state index in [0.717, 1.165) is 36.5 Å². The number of rotatable bonds is 16. The van der Waals surface area contributed by atoms with Crippen molar-refractivity contribution in [2.24, 2.45) is 0 Å². The third-order valence-electron chi connectivity index (χ3n) is 5.86. The molecule has 0 saturated heterocycles. The Bertz CT molecular complexity index is 1290. The van der Waals surface area contributed by atoms with Crippen molar-refractivity contribution in [3.8, 4) is 11.5 Å². The summed E-state index contributed by atoms with van der Waals surface area (Å²) < 4.78 is 25.9. The minimum absolute atomic E-state index is 0.161. The third-order valence-corrected chi connectivity index (χ3v) is 5.86.